The fourth-order valence-corrected chi connectivity index (χ4v) is 5.60. The second-order valence-corrected chi connectivity index (χ2v) is 9.75. The maximum Gasteiger partial charge on any atom is 0.338 e. The summed E-state index contributed by atoms with van der Waals surface area (Å²) in [6.07, 6.45) is 0. The normalized spacial score (nSPS) is 12.5. The molecule has 0 aliphatic carbocycles. The zero-order valence-corrected chi connectivity index (χ0v) is 19.7. The molecular weight excluding hydrogens is 432 g/mol. The van der Waals surface area contributed by atoms with Crippen molar-refractivity contribution in [1.82, 2.24) is 19.5 Å². The number of thiophene rings is 1. The van der Waals surface area contributed by atoms with E-state index in [0.29, 0.717) is 23.4 Å². The fourth-order valence-electron chi connectivity index (χ4n) is 3.52. The van der Waals surface area contributed by atoms with E-state index in [2.05, 4.69) is 16.5 Å². The first-order valence-corrected chi connectivity index (χ1v) is 11.9. The van der Waals surface area contributed by atoms with Gasteiger partial charge in [0.05, 0.1) is 33.8 Å². The van der Waals surface area contributed by atoms with Gasteiger partial charge in [-0.05, 0) is 58.4 Å². The number of thioether (sulfide) groups is 1. The van der Waals surface area contributed by atoms with E-state index in [1.807, 2.05) is 26.8 Å². The second kappa shape index (κ2) is 8.47. The van der Waals surface area contributed by atoms with Crippen LogP contribution < -0.4 is 5.56 Å². The molecule has 0 amide bonds. The number of ether oxygens (including phenoxy) is 1. The fraction of sp³-hybridized carbons (Fsp3) is 0.364. The van der Waals surface area contributed by atoms with Gasteiger partial charge in [-0.3, -0.25) is 4.79 Å². The van der Waals surface area contributed by atoms with Crippen LogP contribution in [0.15, 0.2) is 28.2 Å². The minimum absolute atomic E-state index is 0.0997. The molecule has 1 aromatic carbocycles. The molecule has 0 radical (unpaired) electrons. The molecule has 31 heavy (non-hydrogen) atoms. The Hall–Kier alpha value is -2.65. The number of hydrogen-bond acceptors (Lipinski definition) is 7. The Morgan fingerprint density at radius 3 is 2.77 bits per heavy atom. The standard InChI is InChI=1S/C22H24N4O3S2/c1-6-26-16-9-8-14(21(28)29-7-2)10-15(16)23-22(26)31-13(5)18-24-19(27)17-11(3)12(4)30-20(17)25-18/h8-10,13H,6-7H2,1-5H3,(H,24,25,27). The lowest BCUT2D eigenvalue weighted by molar-refractivity contribution is 0.0526. The third kappa shape index (κ3) is 3.87. The van der Waals surface area contributed by atoms with Crippen molar-refractivity contribution in [2.45, 2.75) is 51.6 Å². The van der Waals surface area contributed by atoms with Gasteiger partial charge in [-0.1, -0.05) is 11.8 Å². The monoisotopic (exact) mass is 456 g/mol. The van der Waals surface area contributed by atoms with Gasteiger partial charge in [0.25, 0.3) is 5.56 Å². The smallest absolute Gasteiger partial charge is 0.338 e. The Morgan fingerprint density at radius 1 is 1.29 bits per heavy atom. The third-order valence-electron chi connectivity index (χ3n) is 5.27. The SMILES string of the molecule is CCOC(=O)c1ccc2c(c1)nc(SC(C)c1nc3sc(C)c(C)c3c(=O)[nH]1)n2CC. The van der Waals surface area contributed by atoms with Crippen LogP contribution in [0, 0.1) is 13.8 Å². The molecule has 7 nitrogen and oxygen atoms in total. The zero-order chi connectivity index (χ0) is 22.3. The van der Waals surface area contributed by atoms with Crippen molar-refractivity contribution in [1.29, 1.82) is 0 Å². The number of aryl methyl sites for hydroxylation is 3. The van der Waals surface area contributed by atoms with Gasteiger partial charge in [-0.2, -0.15) is 0 Å². The van der Waals surface area contributed by atoms with Gasteiger partial charge in [-0.25, -0.2) is 14.8 Å². The summed E-state index contributed by atoms with van der Waals surface area (Å²) in [5.74, 6) is 0.278. The molecule has 0 saturated heterocycles. The maximum atomic E-state index is 12.6. The molecule has 0 bridgehead atoms. The van der Waals surface area contributed by atoms with Gasteiger partial charge in [0.1, 0.15) is 10.7 Å². The van der Waals surface area contributed by atoms with Crippen molar-refractivity contribution >= 4 is 50.3 Å². The van der Waals surface area contributed by atoms with Gasteiger partial charge in [0, 0.05) is 11.4 Å². The molecule has 0 fully saturated rings. The Bertz CT molecular complexity index is 1350. The molecule has 4 rings (SSSR count). The number of aromatic nitrogens is 4. The van der Waals surface area contributed by atoms with Crippen molar-refractivity contribution < 1.29 is 9.53 Å². The number of imidazole rings is 1. The topological polar surface area (TPSA) is 89.9 Å². The molecular formula is C22H24N4O3S2. The summed E-state index contributed by atoms with van der Waals surface area (Å²) in [6, 6.07) is 5.42. The Labute approximate surface area is 187 Å². The first-order valence-electron chi connectivity index (χ1n) is 10.2. The molecule has 162 valence electrons. The van der Waals surface area contributed by atoms with Crippen molar-refractivity contribution in [2.24, 2.45) is 0 Å². The van der Waals surface area contributed by atoms with E-state index in [1.165, 1.54) is 11.8 Å². The average molecular weight is 457 g/mol. The van der Waals surface area contributed by atoms with Crippen LogP contribution in [-0.2, 0) is 11.3 Å². The molecule has 9 heteroatoms. The lowest BCUT2D eigenvalue weighted by atomic mass is 10.2. The summed E-state index contributed by atoms with van der Waals surface area (Å²) in [5, 5.41) is 1.38. The Kier molecular flexibility index (Phi) is 5.90. The van der Waals surface area contributed by atoms with Gasteiger partial charge in [0.15, 0.2) is 5.16 Å². The lowest BCUT2D eigenvalue weighted by Crippen LogP contribution is -2.12. The van der Waals surface area contributed by atoms with Crippen LogP contribution in [0.25, 0.3) is 21.3 Å². The van der Waals surface area contributed by atoms with E-state index in [0.717, 1.165) is 38.0 Å². The number of nitrogens with zero attached hydrogens (tertiary/aromatic N) is 3. The molecule has 3 aromatic heterocycles. The predicted octanol–water partition coefficient (Wildman–Crippen LogP) is 5.00. The summed E-state index contributed by atoms with van der Waals surface area (Å²) in [4.78, 5) is 39.0. The number of esters is 1. The quantitative estimate of drug-likeness (QED) is 0.324. The summed E-state index contributed by atoms with van der Waals surface area (Å²) in [6.45, 7) is 10.9. The third-order valence-corrected chi connectivity index (χ3v) is 7.47. The van der Waals surface area contributed by atoms with E-state index in [4.69, 9.17) is 14.7 Å². The van der Waals surface area contributed by atoms with Crippen molar-refractivity contribution in [3.8, 4) is 0 Å². The van der Waals surface area contributed by atoms with Crippen molar-refractivity contribution in [3.05, 3.63) is 50.4 Å². The largest absolute Gasteiger partial charge is 0.462 e. The summed E-state index contributed by atoms with van der Waals surface area (Å²) < 4.78 is 7.20. The summed E-state index contributed by atoms with van der Waals surface area (Å²) >= 11 is 3.08. The van der Waals surface area contributed by atoms with Gasteiger partial charge >= 0.3 is 5.97 Å². The van der Waals surface area contributed by atoms with Crippen LogP contribution in [-0.4, -0.2) is 32.1 Å². The van der Waals surface area contributed by atoms with E-state index < -0.39 is 0 Å². The van der Waals surface area contributed by atoms with Crippen molar-refractivity contribution in [3.63, 3.8) is 0 Å². The number of H-pyrrole nitrogens is 1. The van der Waals surface area contributed by atoms with E-state index >= 15 is 0 Å². The van der Waals surface area contributed by atoms with Crippen LogP contribution in [0.1, 0.15) is 52.6 Å². The van der Waals surface area contributed by atoms with E-state index in [9.17, 15) is 9.59 Å². The van der Waals surface area contributed by atoms with Crippen LogP contribution in [0.4, 0.5) is 0 Å². The summed E-state index contributed by atoms with van der Waals surface area (Å²) in [7, 11) is 0. The highest BCUT2D eigenvalue weighted by molar-refractivity contribution is 7.99. The number of nitrogens with one attached hydrogen (secondary N) is 1. The number of hydrogen-bond donors (Lipinski definition) is 1. The number of fused-ring (bicyclic) bond motifs is 2. The number of rotatable bonds is 6. The predicted molar refractivity (Wildman–Crippen MR) is 125 cm³/mol. The number of aromatic amines is 1. The Morgan fingerprint density at radius 2 is 2.06 bits per heavy atom. The summed E-state index contributed by atoms with van der Waals surface area (Å²) in [5.41, 5.74) is 3.07. The highest BCUT2D eigenvalue weighted by atomic mass is 32.2. The van der Waals surface area contributed by atoms with Crippen LogP contribution >= 0.6 is 23.1 Å². The lowest BCUT2D eigenvalue weighted by Gasteiger charge is -2.11. The average Bonchev–Trinajstić information content (AvgIpc) is 3.23. The molecule has 0 saturated carbocycles. The number of carbonyl (C=O) groups is 1. The molecule has 0 aliphatic heterocycles. The second-order valence-electron chi connectivity index (χ2n) is 7.24. The molecule has 0 spiro atoms. The van der Waals surface area contributed by atoms with Crippen molar-refractivity contribution in [2.75, 3.05) is 6.61 Å². The molecule has 1 atom stereocenters. The first-order chi connectivity index (χ1) is 14.8. The van der Waals surface area contributed by atoms with E-state index in [1.54, 1.807) is 30.4 Å². The van der Waals surface area contributed by atoms with Gasteiger partial charge in [0.2, 0.25) is 0 Å². The maximum absolute atomic E-state index is 12.6. The molecule has 3 heterocycles. The van der Waals surface area contributed by atoms with Crippen LogP contribution in [0.5, 0.6) is 0 Å². The van der Waals surface area contributed by atoms with E-state index in [-0.39, 0.29) is 16.8 Å². The number of benzene rings is 1. The van der Waals surface area contributed by atoms with Gasteiger partial charge < -0.3 is 14.3 Å². The van der Waals surface area contributed by atoms with Crippen LogP contribution in [0.2, 0.25) is 0 Å². The highest BCUT2D eigenvalue weighted by Gasteiger charge is 2.20. The van der Waals surface area contributed by atoms with Gasteiger partial charge in [-0.15, -0.1) is 11.3 Å². The minimum Gasteiger partial charge on any atom is -0.462 e. The zero-order valence-electron chi connectivity index (χ0n) is 18.1. The highest BCUT2D eigenvalue weighted by Crippen LogP contribution is 2.36. The molecule has 0 aliphatic rings. The molecule has 4 aromatic rings. The van der Waals surface area contributed by atoms with Crippen LogP contribution in [0.3, 0.4) is 0 Å². The first kappa shape index (κ1) is 21.6. The minimum atomic E-state index is -0.352. The molecule has 1 unspecified atom stereocenters. The number of carbonyl (C=O) groups excluding carboxylic acids is 1. The molecule has 1 N–H and O–H groups in total. The Balaban J connectivity index is 1.69.